The lowest BCUT2D eigenvalue weighted by molar-refractivity contribution is -0.140. The molecule has 0 aliphatic heterocycles. The molecule has 0 unspecified atom stereocenters. The first-order valence-corrected chi connectivity index (χ1v) is 9.39. The highest BCUT2D eigenvalue weighted by atomic mass is 28.4. The van der Waals surface area contributed by atoms with Crippen LogP contribution in [0.1, 0.15) is 34.6 Å². The van der Waals surface area contributed by atoms with Crippen LogP contribution in [-0.2, 0) is 22.8 Å². The lowest BCUT2D eigenvalue weighted by atomic mass is 10.4. The van der Waals surface area contributed by atoms with Gasteiger partial charge in [-0.25, -0.2) is 0 Å². The topological polar surface area (TPSA) is 54.0 Å². The third-order valence-corrected chi connectivity index (χ3v) is 5.52. The molecular weight excluding hydrogens is 300 g/mol. The van der Waals surface area contributed by atoms with Crippen molar-refractivity contribution < 1.29 is 22.8 Å². The van der Waals surface area contributed by atoms with Crippen LogP contribution in [0.3, 0.4) is 0 Å². The first kappa shape index (κ1) is 20.8. The van der Waals surface area contributed by atoms with Crippen LogP contribution in [-0.4, -0.2) is 41.2 Å². The fourth-order valence-electron chi connectivity index (χ4n) is 1.79. The molecule has 0 spiro atoms. The van der Waals surface area contributed by atoms with Gasteiger partial charge in [-0.05, 0) is 27.7 Å². The van der Waals surface area contributed by atoms with E-state index in [9.17, 15) is 4.79 Å². The molecular formula is C16H28O5Si. The van der Waals surface area contributed by atoms with Gasteiger partial charge in [0.05, 0.1) is 6.61 Å². The minimum absolute atomic E-state index is 0.211. The van der Waals surface area contributed by atoms with Gasteiger partial charge in [0.15, 0.2) is 0 Å². The Morgan fingerprint density at radius 2 is 1.32 bits per heavy atom. The third kappa shape index (κ3) is 7.70. The van der Waals surface area contributed by atoms with Gasteiger partial charge in [0.2, 0.25) is 0 Å². The summed E-state index contributed by atoms with van der Waals surface area (Å²) in [5, 5.41) is 1.03. The van der Waals surface area contributed by atoms with E-state index in [1.54, 1.807) is 6.92 Å². The Morgan fingerprint density at radius 1 is 0.864 bits per heavy atom. The van der Waals surface area contributed by atoms with E-state index in [1.807, 2.05) is 51.1 Å². The predicted molar refractivity (Wildman–Crippen MR) is 89.0 cm³/mol. The number of esters is 1. The zero-order valence-electron chi connectivity index (χ0n) is 14.3. The fraction of sp³-hybridized carbons (Fsp3) is 0.562. The molecule has 0 N–H and O–H groups in total. The zero-order valence-corrected chi connectivity index (χ0v) is 15.3. The number of hydrogen-bond acceptors (Lipinski definition) is 5. The third-order valence-electron chi connectivity index (χ3n) is 2.48. The van der Waals surface area contributed by atoms with Gasteiger partial charge >= 0.3 is 14.8 Å². The van der Waals surface area contributed by atoms with Crippen molar-refractivity contribution in [2.45, 2.75) is 34.6 Å². The quantitative estimate of drug-likeness (QED) is 0.542. The maximum atomic E-state index is 9.82. The van der Waals surface area contributed by atoms with E-state index in [4.69, 9.17) is 13.3 Å². The van der Waals surface area contributed by atoms with Crippen molar-refractivity contribution in [3.05, 3.63) is 30.3 Å². The molecule has 5 nitrogen and oxygen atoms in total. The molecule has 0 fully saturated rings. The molecule has 0 saturated carbocycles. The van der Waals surface area contributed by atoms with Gasteiger partial charge < -0.3 is 18.0 Å². The van der Waals surface area contributed by atoms with Crippen molar-refractivity contribution >= 4 is 20.0 Å². The van der Waals surface area contributed by atoms with Gasteiger partial charge in [0.25, 0.3) is 0 Å². The molecule has 1 aromatic carbocycles. The minimum atomic E-state index is -2.67. The van der Waals surface area contributed by atoms with E-state index in [-0.39, 0.29) is 5.97 Å². The number of carbonyl (C=O) groups is 1. The fourth-order valence-corrected chi connectivity index (χ4v) is 4.28. The van der Waals surface area contributed by atoms with E-state index in [0.717, 1.165) is 5.19 Å². The van der Waals surface area contributed by atoms with Gasteiger partial charge in [-0.2, -0.15) is 0 Å². The molecule has 0 aliphatic carbocycles. The molecule has 0 amide bonds. The molecule has 1 rings (SSSR count). The number of benzene rings is 1. The van der Waals surface area contributed by atoms with Crippen molar-refractivity contribution in [2.75, 3.05) is 26.4 Å². The van der Waals surface area contributed by atoms with Gasteiger partial charge in [0.1, 0.15) is 0 Å². The molecule has 6 heteroatoms. The van der Waals surface area contributed by atoms with E-state index >= 15 is 0 Å². The maximum absolute atomic E-state index is 9.82. The Morgan fingerprint density at radius 3 is 1.59 bits per heavy atom. The predicted octanol–water partition coefficient (Wildman–Crippen LogP) is 2.51. The summed E-state index contributed by atoms with van der Waals surface area (Å²) in [6, 6.07) is 9.95. The second kappa shape index (κ2) is 12.3. The Balaban J connectivity index is 0.000000626. The summed E-state index contributed by atoms with van der Waals surface area (Å²) >= 11 is 0. The van der Waals surface area contributed by atoms with Crippen molar-refractivity contribution in [1.82, 2.24) is 0 Å². The molecule has 0 atom stereocenters. The van der Waals surface area contributed by atoms with Crippen LogP contribution < -0.4 is 5.19 Å². The Kier molecular flexibility index (Phi) is 11.7. The molecule has 22 heavy (non-hydrogen) atoms. The summed E-state index contributed by atoms with van der Waals surface area (Å²) in [7, 11) is -2.67. The minimum Gasteiger partial charge on any atom is -0.466 e. The number of ether oxygens (including phenoxy) is 1. The number of carbonyl (C=O) groups excluding carboxylic acids is 1. The van der Waals surface area contributed by atoms with Crippen LogP contribution >= 0.6 is 0 Å². The highest BCUT2D eigenvalue weighted by molar-refractivity contribution is 6.75. The first-order chi connectivity index (χ1) is 10.6. The van der Waals surface area contributed by atoms with Crippen LogP contribution in [0.5, 0.6) is 0 Å². The van der Waals surface area contributed by atoms with Gasteiger partial charge in [0, 0.05) is 31.9 Å². The zero-order chi connectivity index (χ0) is 16.8. The van der Waals surface area contributed by atoms with Crippen LogP contribution in [0.15, 0.2) is 30.3 Å². The maximum Gasteiger partial charge on any atom is 0.537 e. The normalized spacial score (nSPS) is 10.6. The van der Waals surface area contributed by atoms with Crippen molar-refractivity contribution in [3.8, 4) is 0 Å². The lowest BCUT2D eigenvalue weighted by Gasteiger charge is -2.28. The van der Waals surface area contributed by atoms with Gasteiger partial charge in [-0.15, -0.1) is 0 Å². The molecule has 0 heterocycles. The van der Waals surface area contributed by atoms with Crippen LogP contribution in [0.25, 0.3) is 0 Å². The highest BCUT2D eigenvalue weighted by Gasteiger charge is 2.42. The smallest absolute Gasteiger partial charge is 0.466 e. The van der Waals surface area contributed by atoms with Crippen LogP contribution in [0.4, 0.5) is 0 Å². The Bertz CT molecular complexity index is 380. The summed E-state index contributed by atoms with van der Waals surface area (Å²) in [5.74, 6) is -0.211. The SMILES string of the molecule is CCOC(C)=O.CCO[Si](OCC)(OCC)c1ccccc1. The average Bonchev–Trinajstić information content (AvgIpc) is 2.49. The van der Waals surface area contributed by atoms with E-state index in [2.05, 4.69) is 4.74 Å². The standard InChI is InChI=1S/C12H20O3Si.C4H8O2/c1-4-13-16(14-5-2,15-6-3)12-10-8-7-9-11-12;1-3-6-4(2)5/h7-11H,4-6H2,1-3H3;3H2,1-2H3. The summed E-state index contributed by atoms with van der Waals surface area (Å²) < 4.78 is 21.8. The molecule has 0 saturated heterocycles. The first-order valence-electron chi connectivity index (χ1n) is 7.66. The molecule has 0 aromatic heterocycles. The van der Waals surface area contributed by atoms with Crippen LogP contribution in [0, 0.1) is 0 Å². The van der Waals surface area contributed by atoms with E-state index in [1.165, 1.54) is 6.92 Å². The van der Waals surface area contributed by atoms with Gasteiger partial charge in [-0.3, -0.25) is 4.79 Å². The largest absolute Gasteiger partial charge is 0.537 e. The Hall–Kier alpha value is -1.21. The summed E-state index contributed by atoms with van der Waals surface area (Å²) in [6.07, 6.45) is 0. The molecule has 1 aromatic rings. The monoisotopic (exact) mass is 328 g/mol. The van der Waals surface area contributed by atoms with E-state index in [0.29, 0.717) is 26.4 Å². The second-order valence-corrected chi connectivity index (χ2v) is 6.70. The highest BCUT2D eigenvalue weighted by Crippen LogP contribution is 2.10. The van der Waals surface area contributed by atoms with Crippen molar-refractivity contribution in [3.63, 3.8) is 0 Å². The second-order valence-electron chi connectivity index (χ2n) is 4.15. The summed E-state index contributed by atoms with van der Waals surface area (Å²) in [6.45, 7) is 11.3. The van der Waals surface area contributed by atoms with Crippen LogP contribution in [0.2, 0.25) is 0 Å². The molecule has 0 radical (unpaired) electrons. The summed E-state index contributed by atoms with van der Waals surface area (Å²) in [5.41, 5.74) is 0. The summed E-state index contributed by atoms with van der Waals surface area (Å²) in [4.78, 5) is 9.82. The molecule has 0 aliphatic rings. The lowest BCUT2D eigenvalue weighted by Crippen LogP contribution is -2.56. The molecule has 126 valence electrons. The van der Waals surface area contributed by atoms with Crippen molar-refractivity contribution in [2.24, 2.45) is 0 Å². The van der Waals surface area contributed by atoms with Crippen molar-refractivity contribution in [1.29, 1.82) is 0 Å². The molecule has 0 bridgehead atoms. The Labute approximate surface area is 134 Å². The van der Waals surface area contributed by atoms with E-state index < -0.39 is 8.80 Å². The number of hydrogen-bond donors (Lipinski definition) is 0. The van der Waals surface area contributed by atoms with Gasteiger partial charge in [-0.1, -0.05) is 30.3 Å². The average molecular weight is 328 g/mol. The number of rotatable bonds is 8.